The number of hydrogen-bond acceptors (Lipinski definition) is 3. The number of anilines is 1. The molecule has 0 aliphatic carbocycles. The molecule has 7 heteroatoms. The number of para-hydroxylation sites is 1. The molecule has 2 aromatic rings. The van der Waals surface area contributed by atoms with Crippen LogP contribution in [-0.2, 0) is 14.8 Å². The van der Waals surface area contributed by atoms with E-state index in [0.29, 0.717) is 0 Å². The number of nitrogens with one attached hydrogen (secondary N) is 1. The highest BCUT2D eigenvalue weighted by Gasteiger charge is 2.20. The van der Waals surface area contributed by atoms with E-state index in [4.69, 9.17) is 0 Å². The van der Waals surface area contributed by atoms with Crippen molar-refractivity contribution in [1.29, 1.82) is 0 Å². The lowest BCUT2D eigenvalue weighted by Crippen LogP contribution is -2.33. The van der Waals surface area contributed by atoms with Crippen molar-refractivity contribution in [3.8, 4) is 0 Å². The topological polar surface area (TPSA) is 66.5 Å². The van der Waals surface area contributed by atoms with Crippen LogP contribution in [0.5, 0.6) is 0 Å². The van der Waals surface area contributed by atoms with Crippen LogP contribution in [0.4, 0.5) is 10.1 Å². The molecular weight excluding hydrogens is 379 g/mol. The van der Waals surface area contributed by atoms with E-state index in [1.807, 2.05) is 32.9 Å². The van der Waals surface area contributed by atoms with E-state index in [9.17, 15) is 17.6 Å². The van der Waals surface area contributed by atoms with E-state index in [1.165, 1.54) is 18.2 Å². The second kappa shape index (κ2) is 9.19. The number of nitrogens with zero attached hydrogens (tertiary/aromatic N) is 1. The Morgan fingerprint density at radius 1 is 1.18 bits per heavy atom. The molecule has 0 aromatic heterocycles. The molecule has 152 valence electrons. The molecule has 0 aliphatic heterocycles. The number of amides is 1. The third kappa shape index (κ3) is 5.79. The van der Waals surface area contributed by atoms with E-state index < -0.39 is 15.8 Å². The van der Waals surface area contributed by atoms with Gasteiger partial charge in [-0.25, -0.2) is 12.8 Å². The van der Waals surface area contributed by atoms with Crippen LogP contribution in [0.2, 0.25) is 0 Å². The third-order valence-corrected chi connectivity index (χ3v) is 5.74. The first-order chi connectivity index (χ1) is 13.1. The first kappa shape index (κ1) is 21.9. The van der Waals surface area contributed by atoms with Crippen LogP contribution in [0, 0.1) is 19.7 Å². The molecule has 2 rings (SSSR count). The Kier molecular flexibility index (Phi) is 7.18. The lowest BCUT2D eigenvalue weighted by atomic mass is 10.00. The van der Waals surface area contributed by atoms with Gasteiger partial charge in [0.25, 0.3) is 0 Å². The van der Waals surface area contributed by atoms with Gasteiger partial charge in [0.2, 0.25) is 15.9 Å². The summed E-state index contributed by atoms with van der Waals surface area (Å²) >= 11 is 0. The van der Waals surface area contributed by atoms with Crippen LogP contribution >= 0.6 is 0 Å². The molecule has 0 saturated heterocycles. The Morgan fingerprint density at radius 3 is 2.46 bits per heavy atom. The molecule has 28 heavy (non-hydrogen) atoms. The van der Waals surface area contributed by atoms with Crippen molar-refractivity contribution in [2.75, 3.05) is 17.1 Å². The van der Waals surface area contributed by atoms with E-state index >= 15 is 0 Å². The number of halogens is 1. The van der Waals surface area contributed by atoms with Gasteiger partial charge in [0, 0.05) is 13.0 Å². The molecule has 1 amide bonds. The van der Waals surface area contributed by atoms with Crippen molar-refractivity contribution in [3.63, 3.8) is 0 Å². The molecule has 1 unspecified atom stereocenters. The van der Waals surface area contributed by atoms with Crippen LogP contribution in [-0.4, -0.2) is 27.1 Å². The molecular formula is C21H27FN2O3S. The zero-order chi connectivity index (χ0) is 20.9. The molecule has 1 atom stereocenters. The highest BCUT2D eigenvalue weighted by molar-refractivity contribution is 7.92. The fourth-order valence-corrected chi connectivity index (χ4v) is 4.17. The van der Waals surface area contributed by atoms with Crippen LogP contribution in [0.3, 0.4) is 0 Å². The number of carbonyl (C=O) groups is 1. The fraction of sp³-hybridized carbons (Fsp3) is 0.381. The Bertz CT molecular complexity index is 944. The van der Waals surface area contributed by atoms with Gasteiger partial charge in [-0.2, -0.15) is 0 Å². The number of aryl methyl sites for hydroxylation is 2. The van der Waals surface area contributed by atoms with Crippen LogP contribution < -0.4 is 9.62 Å². The summed E-state index contributed by atoms with van der Waals surface area (Å²) in [6.45, 7) is 5.97. The van der Waals surface area contributed by atoms with Gasteiger partial charge >= 0.3 is 0 Å². The first-order valence-corrected chi connectivity index (χ1v) is 11.0. The standard InChI is InChI=1S/C21H27FN2O3S/c1-15-11-12-18(16(2)14-15)17(3)23-21(25)10-7-13-24(28(4,26)27)20-9-6-5-8-19(20)22/h5-6,8-9,11-12,14,17H,7,10,13H2,1-4H3,(H,23,25). The van der Waals surface area contributed by atoms with Crippen molar-refractivity contribution >= 4 is 21.6 Å². The maximum atomic E-state index is 14.0. The van der Waals surface area contributed by atoms with Gasteiger partial charge in [0.15, 0.2) is 0 Å². The lowest BCUT2D eigenvalue weighted by molar-refractivity contribution is -0.121. The molecule has 0 saturated carbocycles. The van der Waals surface area contributed by atoms with E-state index in [-0.39, 0.29) is 37.0 Å². The monoisotopic (exact) mass is 406 g/mol. The lowest BCUT2D eigenvalue weighted by Gasteiger charge is -2.23. The summed E-state index contributed by atoms with van der Waals surface area (Å²) in [6.07, 6.45) is 1.46. The van der Waals surface area contributed by atoms with Gasteiger partial charge in [-0.3, -0.25) is 9.10 Å². The smallest absolute Gasteiger partial charge is 0.232 e. The van der Waals surface area contributed by atoms with Gasteiger partial charge in [-0.05, 0) is 50.5 Å². The summed E-state index contributed by atoms with van der Waals surface area (Å²) < 4.78 is 39.1. The zero-order valence-electron chi connectivity index (χ0n) is 16.7. The molecule has 0 spiro atoms. The fourth-order valence-electron chi connectivity index (χ4n) is 3.21. The van der Waals surface area contributed by atoms with Gasteiger partial charge < -0.3 is 5.32 Å². The molecule has 0 aliphatic rings. The van der Waals surface area contributed by atoms with E-state index in [1.54, 1.807) is 6.07 Å². The van der Waals surface area contributed by atoms with Crippen LogP contribution in [0.25, 0.3) is 0 Å². The summed E-state index contributed by atoms with van der Waals surface area (Å²) in [5.41, 5.74) is 3.31. The number of rotatable bonds is 8. The van der Waals surface area contributed by atoms with Crippen molar-refractivity contribution in [2.45, 2.75) is 39.7 Å². The summed E-state index contributed by atoms with van der Waals surface area (Å²) in [4.78, 5) is 12.3. The molecule has 0 heterocycles. The molecule has 0 fully saturated rings. The van der Waals surface area contributed by atoms with Crippen LogP contribution in [0.15, 0.2) is 42.5 Å². The van der Waals surface area contributed by atoms with Gasteiger partial charge in [0.1, 0.15) is 5.82 Å². The highest BCUT2D eigenvalue weighted by Crippen LogP contribution is 2.22. The number of carbonyl (C=O) groups excluding carboxylic acids is 1. The molecule has 0 bridgehead atoms. The largest absolute Gasteiger partial charge is 0.350 e. The van der Waals surface area contributed by atoms with Crippen molar-refractivity contribution in [1.82, 2.24) is 5.32 Å². The Balaban J connectivity index is 1.97. The van der Waals surface area contributed by atoms with Crippen LogP contribution in [0.1, 0.15) is 42.5 Å². The summed E-state index contributed by atoms with van der Waals surface area (Å²) in [5, 5.41) is 2.94. The quantitative estimate of drug-likeness (QED) is 0.724. The van der Waals surface area contributed by atoms with Gasteiger partial charge in [-0.15, -0.1) is 0 Å². The molecule has 1 N–H and O–H groups in total. The van der Waals surface area contributed by atoms with Crippen molar-refractivity contribution in [3.05, 3.63) is 65.0 Å². The number of benzene rings is 2. The minimum absolute atomic E-state index is 0.00550. The SMILES string of the molecule is Cc1ccc(C(C)NC(=O)CCCN(c2ccccc2F)S(C)(=O)=O)c(C)c1. The maximum absolute atomic E-state index is 14.0. The Morgan fingerprint density at radius 2 is 1.86 bits per heavy atom. The summed E-state index contributed by atoms with van der Waals surface area (Å²) in [7, 11) is -3.65. The summed E-state index contributed by atoms with van der Waals surface area (Å²) in [5.74, 6) is -0.782. The summed E-state index contributed by atoms with van der Waals surface area (Å²) in [6, 6.07) is 11.6. The maximum Gasteiger partial charge on any atom is 0.232 e. The van der Waals surface area contributed by atoms with E-state index in [0.717, 1.165) is 27.3 Å². The van der Waals surface area contributed by atoms with E-state index in [2.05, 4.69) is 11.4 Å². The minimum atomic E-state index is -3.65. The molecule has 5 nitrogen and oxygen atoms in total. The second-order valence-electron chi connectivity index (χ2n) is 7.04. The highest BCUT2D eigenvalue weighted by atomic mass is 32.2. The molecule has 2 aromatic carbocycles. The zero-order valence-corrected chi connectivity index (χ0v) is 17.5. The first-order valence-electron chi connectivity index (χ1n) is 9.18. The van der Waals surface area contributed by atoms with Crippen molar-refractivity contribution in [2.24, 2.45) is 0 Å². The minimum Gasteiger partial charge on any atom is -0.350 e. The Hall–Kier alpha value is -2.41. The number of hydrogen-bond donors (Lipinski definition) is 1. The predicted octanol–water partition coefficient (Wildman–Crippen LogP) is 3.87. The average molecular weight is 407 g/mol. The average Bonchev–Trinajstić information content (AvgIpc) is 2.58. The van der Waals surface area contributed by atoms with Crippen molar-refractivity contribution < 1.29 is 17.6 Å². The Labute approximate surface area is 166 Å². The second-order valence-corrected chi connectivity index (χ2v) is 8.95. The molecule has 0 radical (unpaired) electrons. The number of sulfonamides is 1. The van der Waals surface area contributed by atoms with Gasteiger partial charge in [0.05, 0.1) is 18.0 Å². The van der Waals surface area contributed by atoms with Gasteiger partial charge in [-0.1, -0.05) is 35.9 Å². The third-order valence-electron chi connectivity index (χ3n) is 4.56. The normalized spacial score (nSPS) is 12.5. The predicted molar refractivity (Wildman–Crippen MR) is 110 cm³/mol.